The Labute approximate surface area is 325 Å². The molecule has 1 saturated heterocycles. The molecule has 0 radical (unpaired) electrons. The molecule has 3 fully saturated rings. The second-order valence-electron chi connectivity index (χ2n) is 16.2. The van der Waals surface area contributed by atoms with Crippen LogP contribution >= 0.6 is 0 Å². The van der Waals surface area contributed by atoms with Gasteiger partial charge in [-0.1, -0.05) is 69.3 Å². The van der Waals surface area contributed by atoms with Crippen LogP contribution in [0.25, 0.3) is 21.9 Å². The first-order valence-electron chi connectivity index (χ1n) is 19.1. The molecule has 2 aliphatic carbocycles. The van der Waals surface area contributed by atoms with E-state index < -0.39 is 79.6 Å². The highest BCUT2D eigenvalue weighted by molar-refractivity contribution is 7.91. The lowest BCUT2D eigenvalue weighted by molar-refractivity contribution is -0.142. The van der Waals surface area contributed by atoms with E-state index in [-0.39, 0.29) is 43.9 Å². The zero-order chi connectivity index (χ0) is 40.0. The SMILES string of the molecule is C=CC1CC1(NC(=O)[C@@H]1C[C@@H]2CN1C(=O)[C@H](C(C)(C)C)NC(=O)OCCCCCOc1cnn2c(=O)c1-c1cccc2ccccc12)C(=O)NS(=O)(=O)C1CC1. The fourth-order valence-corrected chi connectivity index (χ4v) is 9.08. The molecule has 298 valence electrons. The van der Waals surface area contributed by atoms with Crippen LogP contribution in [-0.2, 0) is 29.1 Å². The van der Waals surface area contributed by atoms with Gasteiger partial charge in [0.25, 0.3) is 11.5 Å². The van der Waals surface area contributed by atoms with Gasteiger partial charge < -0.3 is 25.0 Å². The molecule has 3 aliphatic heterocycles. The van der Waals surface area contributed by atoms with Crippen LogP contribution in [0.3, 0.4) is 0 Å². The molecule has 4 amide bonds. The van der Waals surface area contributed by atoms with Crippen molar-refractivity contribution < 1.29 is 37.1 Å². The molecule has 1 aromatic heterocycles. The van der Waals surface area contributed by atoms with Crippen molar-refractivity contribution in [3.63, 3.8) is 0 Å². The number of rotatable bonds is 7. The van der Waals surface area contributed by atoms with Crippen LogP contribution in [0.5, 0.6) is 5.75 Å². The highest BCUT2D eigenvalue weighted by Crippen LogP contribution is 2.46. The Morgan fingerprint density at radius 2 is 1.73 bits per heavy atom. The molecule has 2 unspecified atom stereocenters. The topological polar surface area (TPSA) is 195 Å². The molecular formula is C40H48N6O9S. The van der Waals surface area contributed by atoms with Gasteiger partial charge >= 0.3 is 6.09 Å². The minimum atomic E-state index is -3.94. The maximum absolute atomic E-state index is 14.7. The third kappa shape index (κ3) is 7.62. The molecule has 8 rings (SSSR count). The monoisotopic (exact) mass is 788 g/mol. The zero-order valence-corrected chi connectivity index (χ0v) is 32.6. The second-order valence-corrected chi connectivity index (χ2v) is 18.2. The first-order valence-corrected chi connectivity index (χ1v) is 20.7. The summed E-state index contributed by atoms with van der Waals surface area (Å²) in [7, 11) is -3.94. The average molecular weight is 789 g/mol. The summed E-state index contributed by atoms with van der Waals surface area (Å²) in [5, 5.41) is 11.1. The van der Waals surface area contributed by atoms with E-state index in [2.05, 4.69) is 27.0 Å². The van der Waals surface area contributed by atoms with Crippen molar-refractivity contribution in [3.8, 4) is 16.9 Å². The molecule has 4 bridgehead atoms. The maximum Gasteiger partial charge on any atom is 0.407 e. The molecule has 3 N–H and O–H groups in total. The molecule has 56 heavy (non-hydrogen) atoms. The van der Waals surface area contributed by atoms with Gasteiger partial charge in [0.2, 0.25) is 21.8 Å². The predicted octanol–water partition coefficient (Wildman–Crippen LogP) is 3.58. The van der Waals surface area contributed by atoms with Crippen LogP contribution in [0, 0.1) is 11.3 Å². The van der Waals surface area contributed by atoms with E-state index in [9.17, 15) is 32.4 Å². The highest BCUT2D eigenvalue weighted by Gasteiger charge is 2.62. The lowest BCUT2D eigenvalue weighted by Crippen LogP contribution is -2.60. The van der Waals surface area contributed by atoms with E-state index in [1.54, 1.807) is 20.8 Å². The summed E-state index contributed by atoms with van der Waals surface area (Å²) >= 11 is 0. The molecule has 3 aromatic rings. The molecule has 0 spiro atoms. The number of aromatic nitrogens is 2. The smallest absolute Gasteiger partial charge is 0.407 e. The van der Waals surface area contributed by atoms with Crippen LogP contribution in [0.2, 0.25) is 0 Å². The van der Waals surface area contributed by atoms with E-state index in [1.807, 2.05) is 42.5 Å². The van der Waals surface area contributed by atoms with Crippen molar-refractivity contribution in [3.05, 3.63) is 71.7 Å². The number of nitrogens with zero attached hydrogens (tertiary/aromatic N) is 3. The predicted molar refractivity (Wildman–Crippen MR) is 207 cm³/mol. The van der Waals surface area contributed by atoms with Crippen LogP contribution in [0.4, 0.5) is 4.79 Å². The molecule has 15 nitrogen and oxygen atoms in total. The maximum atomic E-state index is 14.7. The average Bonchev–Trinajstić information content (AvgIpc) is 4.09. The lowest BCUT2D eigenvalue weighted by Gasteiger charge is -2.35. The number of hydrogen-bond donors (Lipinski definition) is 3. The van der Waals surface area contributed by atoms with E-state index in [1.165, 1.54) is 21.9 Å². The molecule has 5 atom stereocenters. The van der Waals surface area contributed by atoms with Crippen molar-refractivity contribution in [2.24, 2.45) is 11.3 Å². The van der Waals surface area contributed by atoms with Gasteiger partial charge in [0.05, 0.1) is 36.3 Å². The van der Waals surface area contributed by atoms with Crippen molar-refractivity contribution in [2.75, 3.05) is 19.8 Å². The Morgan fingerprint density at radius 1 is 1.02 bits per heavy atom. The first kappa shape index (κ1) is 39.0. The van der Waals surface area contributed by atoms with Crippen molar-refractivity contribution >= 4 is 44.6 Å². The summed E-state index contributed by atoms with van der Waals surface area (Å²) in [5.41, 5.74) is -2.03. The van der Waals surface area contributed by atoms with E-state index >= 15 is 0 Å². The van der Waals surface area contributed by atoms with E-state index in [0.29, 0.717) is 37.7 Å². The van der Waals surface area contributed by atoms with Gasteiger partial charge in [-0.25, -0.2) is 17.9 Å². The van der Waals surface area contributed by atoms with E-state index in [0.717, 1.165) is 10.8 Å². The zero-order valence-electron chi connectivity index (χ0n) is 31.8. The molecular weight excluding hydrogens is 741 g/mol. The third-order valence-electron chi connectivity index (χ3n) is 11.1. The van der Waals surface area contributed by atoms with Crippen molar-refractivity contribution in [1.82, 2.24) is 30.0 Å². The summed E-state index contributed by atoms with van der Waals surface area (Å²) in [6.45, 7) is 9.30. The third-order valence-corrected chi connectivity index (χ3v) is 13.0. The highest BCUT2D eigenvalue weighted by atomic mass is 32.2. The Morgan fingerprint density at radius 3 is 2.43 bits per heavy atom. The number of benzene rings is 2. The summed E-state index contributed by atoms with van der Waals surface area (Å²) in [6.07, 6.45) is 4.87. The number of amides is 4. The standard InChI is InChI=1S/C40H48N6O9S/c1-5-25-21-40(25,37(50)44-56(52,53)27-16-17-27)43-34(47)30-20-26-23-45(30)36(49)33(39(2,3)4)42-38(51)55-19-10-6-9-18-54-31-22-41-46(26)35(48)32(31)29-15-11-13-24-12-7-8-14-28(24)29/h5,7-8,11-15,22,25-27,30,33H,1,6,9-10,16-21,23H2,2-4H3,(H,42,51)(H,43,47)(H,44,50)/t25?,26-,30+,33-,40?/m1/s1. The van der Waals surface area contributed by atoms with Gasteiger partial charge in [0.15, 0.2) is 5.75 Å². The number of carbonyl (C=O) groups excluding carboxylic acids is 4. The summed E-state index contributed by atoms with van der Waals surface area (Å²) in [4.78, 5) is 71.8. The fourth-order valence-electron chi connectivity index (χ4n) is 7.72. The molecule has 2 saturated carbocycles. The Kier molecular flexibility index (Phi) is 10.5. The van der Waals surface area contributed by atoms with Crippen LogP contribution < -0.4 is 25.7 Å². The van der Waals surface area contributed by atoms with Gasteiger partial charge in [-0.15, -0.1) is 6.58 Å². The lowest BCUT2D eigenvalue weighted by atomic mass is 9.85. The molecule has 2 aromatic carbocycles. The van der Waals surface area contributed by atoms with Gasteiger partial charge in [0, 0.05) is 18.9 Å². The van der Waals surface area contributed by atoms with E-state index in [4.69, 9.17) is 9.47 Å². The second kappa shape index (κ2) is 15.0. The van der Waals surface area contributed by atoms with Gasteiger partial charge in [-0.2, -0.15) is 5.10 Å². The molecule has 4 heterocycles. The minimum Gasteiger partial charge on any atom is -0.491 e. The van der Waals surface area contributed by atoms with Crippen LogP contribution in [0.1, 0.15) is 71.8 Å². The number of ether oxygens (including phenoxy) is 2. The van der Waals surface area contributed by atoms with Gasteiger partial charge in [0.1, 0.15) is 17.6 Å². The fraction of sp³-hybridized carbons (Fsp3) is 0.500. The van der Waals surface area contributed by atoms with Gasteiger partial charge in [-0.3, -0.25) is 23.9 Å². The van der Waals surface area contributed by atoms with Crippen molar-refractivity contribution in [2.45, 2.75) is 94.6 Å². The van der Waals surface area contributed by atoms with Gasteiger partial charge in [-0.05, 0) is 60.3 Å². The molecule has 16 heteroatoms. The van der Waals surface area contributed by atoms with Crippen molar-refractivity contribution in [1.29, 1.82) is 0 Å². The normalized spacial score (nSPS) is 25.9. The summed E-state index contributed by atoms with van der Waals surface area (Å²) in [5.74, 6) is -2.49. The largest absolute Gasteiger partial charge is 0.491 e. The summed E-state index contributed by atoms with van der Waals surface area (Å²) in [6, 6.07) is 10.1. The molecule has 5 aliphatic rings. The number of hydrogen-bond acceptors (Lipinski definition) is 10. The minimum absolute atomic E-state index is 0.0855. The Bertz CT molecular complexity index is 2240. The number of sulfonamides is 1. The number of carbonyl (C=O) groups is 4. The quantitative estimate of drug-likeness (QED) is 0.298. The Hall–Kier alpha value is -5.25. The Balaban J connectivity index is 1.30. The first-order chi connectivity index (χ1) is 26.6. The van der Waals surface area contributed by atoms with Crippen LogP contribution in [0.15, 0.2) is 66.1 Å². The van der Waals surface area contributed by atoms with Crippen LogP contribution in [-0.4, -0.2) is 89.5 Å². The number of nitrogens with one attached hydrogen (secondary N) is 3. The summed E-state index contributed by atoms with van der Waals surface area (Å²) < 4.78 is 40.6. The number of alkyl carbamates (subject to hydrolysis) is 1. The number of fused-ring (bicyclic) bond motifs is 13.